The number of amides is 1. The summed E-state index contributed by atoms with van der Waals surface area (Å²) in [5, 5.41) is 12.0. The third kappa shape index (κ3) is 7.22. The van der Waals surface area contributed by atoms with E-state index < -0.39 is 5.82 Å². The number of hydrazone groups is 1. The zero-order valence-electron chi connectivity index (χ0n) is 15.3. The Morgan fingerprint density at radius 3 is 2.69 bits per heavy atom. The number of hydrogen-bond acceptors (Lipinski definition) is 7. The van der Waals surface area contributed by atoms with E-state index in [1.807, 2.05) is 0 Å². The third-order valence-electron chi connectivity index (χ3n) is 3.55. The number of carbonyl (C=O) groups is 1. The smallest absolute Gasteiger partial charge is 0.250 e. The SMILES string of the molecule is Cc1ccc(CSc2nnc(SCC(=O)N/N=C\c3cc(Br)ccc3F)s2)cc1. The Kier molecular flexibility index (Phi) is 8.22. The molecule has 0 unspecified atom stereocenters. The maximum absolute atomic E-state index is 13.6. The third-order valence-corrected chi connectivity index (χ3v) is 7.30. The summed E-state index contributed by atoms with van der Waals surface area (Å²) in [6, 6.07) is 12.9. The number of aryl methyl sites for hydroxylation is 1. The van der Waals surface area contributed by atoms with Crippen LogP contribution in [0, 0.1) is 12.7 Å². The van der Waals surface area contributed by atoms with Crippen molar-refractivity contribution in [1.29, 1.82) is 0 Å². The molecule has 5 nitrogen and oxygen atoms in total. The van der Waals surface area contributed by atoms with Crippen LogP contribution in [0.1, 0.15) is 16.7 Å². The van der Waals surface area contributed by atoms with Gasteiger partial charge in [-0.2, -0.15) is 5.10 Å². The van der Waals surface area contributed by atoms with Gasteiger partial charge in [-0.3, -0.25) is 4.79 Å². The predicted molar refractivity (Wildman–Crippen MR) is 121 cm³/mol. The second-order valence-corrected chi connectivity index (χ2v) is 10.2. The van der Waals surface area contributed by atoms with Crippen LogP contribution < -0.4 is 5.43 Å². The molecule has 150 valence electrons. The molecule has 3 aromatic rings. The Bertz CT molecular complexity index is 1010. The highest BCUT2D eigenvalue weighted by Gasteiger charge is 2.09. The zero-order valence-corrected chi connectivity index (χ0v) is 19.3. The monoisotopic (exact) mass is 510 g/mol. The average molecular weight is 511 g/mol. The van der Waals surface area contributed by atoms with Gasteiger partial charge < -0.3 is 0 Å². The standard InChI is InChI=1S/C19H16BrFN4OS3/c1-12-2-4-13(5-3-12)10-27-18-24-25-19(29-18)28-11-17(26)23-22-9-14-8-15(20)6-7-16(14)21/h2-9H,10-11H2,1H3,(H,23,26)/b22-9-. The molecule has 0 saturated carbocycles. The van der Waals surface area contributed by atoms with Crippen LogP contribution in [0.3, 0.4) is 0 Å². The second kappa shape index (κ2) is 10.9. The van der Waals surface area contributed by atoms with E-state index in [9.17, 15) is 9.18 Å². The summed E-state index contributed by atoms with van der Waals surface area (Å²) in [5.41, 5.74) is 5.13. The van der Waals surface area contributed by atoms with E-state index in [1.54, 1.807) is 23.9 Å². The van der Waals surface area contributed by atoms with Crippen molar-refractivity contribution in [2.45, 2.75) is 21.4 Å². The molecule has 1 heterocycles. The molecule has 10 heteroatoms. The van der Waals surface area contributed by atoms with Crippen LogP contribution in [0.2, 0.25) is 0 Å². The van der Waals surface area contributed by atoms with Gasteiger partial charge >= 0.3 is 0 Å². The summed E-state index contributed by atoms with van der Waals surface area (Å²) >= 11 is 7.62. The van der Waals surface area contributed by atoms with E-state index in [1.165, 1.54) is 46.5 Å². The molecule has 3 rings (SSSR count). The summed E-state index contributed by atoms with van der Waals surface area (Å²) in [6.07, 6.45) is 1.27. The largest absolute Gasteiger partial charge is 0.272 e. The number of aromatic nitrogens is 2. The topological polar surface area (TPSA) is 67.2 Å². The molecule has 29 heavy (non-hydrogen) atoms. The molecule has 0 aliphatic carbocycles. The maximum Gasteiger partial charge on any atom is 0.250 e. The van der Waals surface area contributed by atoms with E-state index in [0.29, 0.717) is 4.34 Å². The van der Waals surface area contributed by atoms with Crippen LogP contribution in [0.15, 0.2) is 60.7 Å². The van der Waals surface area contributed by atoms with Crippen molar-refractivity contribution in [3.05, 3.63) is 69.4 Å². The molecule has 0 spiro atoms. The fourth-order valence-electron chi connectivity index (χ4n) is 2.09. The molecule has 2 aromatic carbocycles. The molecule has 1 aromatic heterocycles. The first-order chi connectivity index (χ1) is 14.0. The highest BCUT2D eigenvalue weighted by molar-refractivity contribution is 9.10. The van der Waals surface area contributed by atoms with Crippen molar-refractivity contribution < 1.29 is 9.18 Å². The lowest BCUT2D eigenvalue weighted by Crippen LogP contribution is -2.19. The minimum absolute atomic E-state index is 0.148. The summed E-state index contributed by atoms with van der Waals surface area (Å²) in [5.74, 6) is 0.257. The van der Waals surface area contributed by atoms with Gasteiger partial charge in [0.05, 0.1) is 12.0 Å². The van der Waals surface area contributed by atoms with Gasteiger partial charge in [0.1, 0.15) is 5.82 Å². The first-order valence-corrected chi connectivity index (χ1v) is 12.0. The van der Waals surface area contributed by atoms with Gasteiger partial charge in [-0.15, -0.1) is 10.2 Å². The van der Waals surface area contributed by atoms with E-state index in [0.717, 1.165) is 14.6 Å². The number of hydrogen-bond donors (Lipinski definition) is 1. The van der Waals surface area contributed by atoms with Crippen LogP contribution >= 0.6 is 50.8 Å². The lowest BCUT2D eigenvalue weighted by atomic mass is 10.2. The van der Waals surface area contributed by atoms with Crippen molar-refractivity contribution in [2.75, 3.05) is 5.75 Å². The van der Waals surface area contributed by atoms with Gasteiger partial charge in [0.15, 0.2) is 8.68 Å². The van der Waals surface area contributed by atoms with Gasteiger partial charge in [0.25, 0.3) is 5.91 Å². The molecule has 0 atom stereocenters. The van der Waals surface area contributed by atoms with Crippen LogP contribution in [-0.4, -0.2) is 28.1 Å². The lowest BCUT2D eigenvalue weighted by Gasteiger charge is -1.99. The Labute approximate surface area is 188 Å². The normalized spacial score (nSPS) is 11.1. The van der Waals surface area contributed by atoms with Gasteiger partial charge in [-0.25, -0.2) is 9.82 Å². The highest BCUT2D eigenvalue weighted by atomic mass is 79.9. The Morgan fingerprint density at radius 2 is 1.93 bits per heavy atom. The number of carbonyl (C=O) groups excluding carboxylic acids is 1. The van der Waals surface area contributed by atoms with Crippen molar-refractivity contribution in [2.24, 2.45) is 5.10 Å². The summed E-state index contributed by atoms with van der Waals surface area (Å²) in [6.45, 7) is 2.06. The Morgan fingerprint density at radius 1 is 1.21 bits per heavy atom. The molecular weight excluding hydrogens is 495 g/mol. The fourth-order valence-corrected chi connectivity index (χ4v) is 5.24. The van der Waals surface area contributed by atoms with Crippen LogP contribution in [0.5, 0.6) is 0 Å². The molecule has 0 aliphatic rings. The number of rotatable bonds is 8. The first-order valence-electron chi connectivity index (χ1n) is 8.41. The molecular formula is C19H16BrFN4OS3. The number of halogens is 2. The van der Waals surface area contributed by atoms with Crippen LogP contribution in [-0.2, 0) is 10.5 Å². The molecule has 0 aliphatic heterocycles. The Hall–Kier alpha value is -1.75. The number of nitrogens with one attached hydrogen (secondary N) is 1. The summed E-state index contributed by atoms with van der Waals surface area (Å²) in [7, 11) is 0. The van der Waals surface area contributed by atoms with E-state index in [-0.39, 0.29) is 17.2 Å². The van der Waals surface area contributed by atoms with Crippen molar-refractivity contribution in [1.82, 2.24) is 15.6 Å². The fraction of sp³-hybridized carbons (Fsp3) is 0.158. The molecule has 1 amide bonds. The molecule has 0 saturated heterocycles. The van der Waals surface area contributed by atoms with E-state index in [2.05, 4.69) is 67.8 Å². The molecule has 1 N–H and O–H groups in total. The predicted octanol–water partition coefficient (Wildman–Crippen LogP) is 5.28. The lowest BCUT2D eigenvalue weighted by molar-refractivity contribution is -0.118. The van der Waals surface area contributed by atoms with Gasteiger partial charge in [0.2, 0.25) is 0 Å². The van der Waals surface area contributed by atoms with E-state index >= 15 is 0 Å². The van der Waals surface area contributed by atoms with Gasteiger partial charge in [-0.1, -0.05) is 80.6 Å². The minimum Gasteiger partial charge on any atom is -0.272 e. The van der Waals surface area contributed by atoms with Crippen molar-refractivity contribution in [3.63, 3.8) is 0 Å². The molecule has 0 bridgehead atoms. The van der Waals surface area contributed by atoms with Crippen molar-refractivity contribution >= 4 is 62.9 Å². The van der Waals surface area contributed by atoms with Crippen molar-refractivity contribution in [3.8, 4) is 0 Å². The quantitative estimate of drug-likeness (QED) is 0.253. The molecule has 0 fully saturated rings. The number of nitrogens with zero attached hydrogens (tertiary/aromatic N) is 3. The molecule has 0 radical (unpaired) electrons. The number of benzene rings is 2. The summed E-state index contributed by atoms with van der Waals surface area (Å²) < 4.78 is 15.9. The van der Waals surface area contributed by atoms with Crippen LogP contribution in [0.25, 0.3) is 0 Å². The number of thioether (sulfide) groups is 2. The minimum atomic E-state index is -0.412. The summed E-state index contributed by atoms with van der Waals surface area (Å²) in [4.78, 5) is 11.9. The van der Waals surface area contributed by atoms with E-state index in [4.69, 9.17) is 0 Å². The second-order valence-electron chi connectivity index (χ2n) is 5.86. The maximum atomic E-state index is 13.6. The van der Waals surface area contributed by atoms with Gasteiger partial charge in [0, 0.05) is 15.8 Å². The Balaban J connectivity index is 1.43. The van der Waals surface area contributed by atoms with Crippen LogP contribution in [0.4, 0.5) is 4.39 Å². The van der Waals surface area contributed by atoms with Gasteiger partial charge in [-0.05, 0) is 30.7 Å². The first kappa shape index (κ1) is 21.9. The highest BCUT2D eigenvalue weighted by Crippen LogP contribution is 2.30. The zero-order chi connectivity index (χ0) is 20.6. The average Bonchev–Trinajstić information content (AvgIpc) is 3.16.